The average molecular weight is 340 g/mol. The van der Waals surface area contributed by atoms with Crippen LogP contribution in [-0.2, 0) is 13.1 Å². The van der Waals surface area contributed by atoms with Crippen molar-refractivity contribution in [3.05, 3.63) is 70.2 Å². The highest BCUT2D eigenvalue weighted by Gasteiger charge is 2.23. The van der Waals surface area contributed by atoms with Gasteiger partial charge in [0.25, 0.3) is 0 Å². The van der Waals surface area contributed by atoms with E-state index in [2.05, 4.69) is 20.6 Å². The first-order valence-electron chi connectivity index (χ1n) is 7.49. The molecule has 2 aromatic heterocycles. The van der Waals surface area contributed by atoms with Gasteiger partial charge in [0.2, 0.25) is 17.6 Å². The molecule has 0 saturated heterocycles. The summed E-state index contributed by atoms with van der Waals surface area (Å²) < 4.78 is 5.20. The summed E-state index contributed by atoms with van der Waals surface area (Å²) in [6, 6.07) is 13.1. The predicted molar refractivity (Wildman–Crippen MR) is 92.9 cm³/mol. The van der Waals surface area contributed by atoms with Crippen molar-refractivity contribution in [3.63, 3.8) is 0 Å². The van der Waals surface area contributed by atoms with Crippen molar-refractivity contribution < 1.29 is 9.34 Å². The summed E-state index contributed by atoms with van der Waals surface area (Å²) in [4.78, 5) is 18.8. The molecule has 0 atom stereocenters. The summed E-state index contributed by atoms with van der Waals surface area (Å²) in [5.41, 5.74) is 6.40. The molecule has 0 bridgehead atoms. The molecule has 0 aliphatic rings. The third-order valence-corrected chi connectivity index (χ3v) is 3.40. The van der Waals surface area contributed by atoms with Gasteiger partial charge in [-0.3, -0.25) is 10.1 Å². The lowest BCUT2D eigenvalue weighted by atomic mass is 10.2. The second kappa shape index (κ2) is 7.30. The van der Waals surface area contributed by atoms with Gasteiger partial charge in [0.05, 0.1) is 17.7 Å². The fourth-order valence-corrected chi connectivity index (χ4v) is 2.22. The number of nitro groups is 1. The molecule has 9 nitrogen and oxygen atoms in total. The highest BCUT2D eigenvalue weighted by Crippen LogP contribution is 2.29. The Bertz CT molecular complexity index is 852. The number of nitrogen functional groups attached to an aromatic ring is 1. The zero-order chi connectivity index (χ0) is 17.6. The van der Waals surface area contributed by atoms with Crippen molar-refractivity contribution in [2.75, 3.05) is 16.4 Å². The minimum absolute atomic E-state index is 0.0319. The molecule has 0 spiro atoms. The fraction of sp³-hybridized carbons (Fsp3) is 0.125. The van der Waals surface area contributed by atoms with Crippen LogP contribution in [0.25, 0.3) is 0 Å². The number of furan rings is 1. The first-order chi connectivity index (χ1) is 12.1. The van der Waals surface area contributed by atoms with Crippen molar-refractivity contribution in [3.8, 4) is 0 Å². The summed E-state index contributed by atoms with van der Waals surface area (Å²) in [5.74, 6) is 0.640. The van der Waals surface area contributed by atoms with Gasteiger partial charge in [-0.05, 0) is 17.7 Å². The van der Waals surface area contributed by atoms with Crippen LogP contribution in [0.15, 0.2) is 53.1 Å². The Morgan fingerprint density at radius 2 is 1.88 bits per heavy atom. The molecule has 3 aromatic rings. The summed E-state index contributed by atoms with van der Waals surface area (Å²) in [6.45, 7) is 0.706. The number of nitrogens with one attached hydrogen (secondary N) is 2. The number of benzene rings is 1. The van der Waals surface area contributed by atoms with Crippen LogP contribution in [0.1, 0.15) is 11.3 Å². The zero-order valence-electron chi connectivity index (χ0n) is 13.2. The van der Waals surface area contributed by atoms with E-state index < -0.39 is 4.92 Å². The molecule has 0 amide bonds. The van der Waals surface area contributed by atoms with Crippen LogP contribution in [0.2, 0.25) is 0 Å². The molecule has 2 heterocycles. The number of hydrogen-bond donors (Lipinski definition) is 3. The lowest BCUT2D eigenvalue weighted by molar-refractivity contribution is -0.383. The Balaban J connectivity index is 1.80. The molecule has 0 aliphatic carbocycles. The fourth-order valence-electron chi connectivity index (χ4n) is 2.22. The van der Waals surface area contributed by atoms with Gasteiger partial charge in [-0.25, -0.2) is 0 Å². The normalized spacial score (nSPS) is 10.4. The molecule has 0 aliphatic heterocycles. The summed E-state index contributed by atoms with van der Waals surface area (Å²) in [7, 11) is 0. The molecule has 1 aromatic carbocycles. The molecule has 0 saturated carbocycles. The quantitative estimate of drug-likeness (QED) is 0.442. The third-order valence-electron chi connectivity index (χ3n) is 3.40. The molecule has 9 heteroatoms. The van der Waals surface area contributed by atoms with Crippen LogP contribution >= 0.6 is 0 Å². The lowest BCUT2D eigenvalue weighted by Gasteiger charge is -2.10. The van der Waals surface area contributed by atoms with E-state index in [1.807, 2.05) is 30.3 Å². The predicted octanol–water partition coefficient (Wildman–Crippen LogP) is 2.78. The molecular weight excluding hydrogens is 324 g/mol. The second-order valence-electron chi connectivity index (χ2n) is 5.16. The molecule has 128 valence electrons. The number of hydrogen-bond acceptors (Lipinski definition) is 8. The molecular formula is C16H16N6O3. The first kappa shape index (κ1) is 16.2. The van der Waals surface area contributed by atoms with Crippen LogP contribution in [0, 0.1) is 10.1 Å². The van der Waals surface area contributed by atoms with Crippen molar-refractivity contribution >= 4 is 23.3 Å². The van der Waals surface area contributed by atoms with Gasteiger partial charge in [-0.2, -0.15) is 9.97 Å². The minimum atomic E-state index is -0.610. The lowest BCUT2D eigenvalue weighted by Crippen LogP contribution is -2.12. The second-order valence-corrected chi connectivity index (χ2v) is 5.16. The molecule has 25 heavy (non-hydrogen) atoms. The molecule has 0 radical (unpaired) electrons. The van der Waals surface area contributed by atoms with Crippen molar-refractivity contribution in [1.29, 1.82) is 0 Å². The smallest absolute Gasteiger partial charge is 0.353 e. The van der Waals surface area contributed by atoms with E-state index in [9.17, 15) is 10.1 Å². The number of aromatic nitrogens is 2. The Labute approximate surface area is 143 Å². The number of rotatable bonds is 7. The SMILES string of the molecule is Nc1nc(NCc2ccccc2)nc(NCc2ccco2)c1[N+](=O)[O-]. The van der Waals surface area contributed by atoms with Crippen LogP contribution in [0.3, 0.4) is 0 Å². The molecule has 0 fully saturated rings. The Morgan fingerprint density at radius 1 is 1.08 bits per heavy atom. The van der Waals surface area contributed by atoms with Gasteiger partial charge in [0, 0.05) is 6.54 Å². The summed E-state index contributed by atoms with van der Waals surface area (Å²) in [6.07, 6.45) is 1.52. The first-order valence-corrected chi connectivity index (χ1v) is 7.49. The number of nitrogens with two attached hydrogens (primary N) is 1. The van der Waals surface area contributed by atoms with Crippen molar-refractivity contribution in [1.82, 2.24) is 9.97 Å². The van der Waals surface area contributed by atoms with Crippen LogP contribution in [0.4, 0.5) is 23.3 Å². The number of anilines is 3. The third kappa shape index (κ3) is 4.02. The maximum absolute atomic E-state index is 11.3. The Hall–Kier alpha value is -3.62. The van der Waals surface area contributed by atoms with E-state index in [4.69, 9.17) is 10.2 Å². The van der Waals surface area contributed by atoms with E-state index in [-0.39, 0.29) is 29.8 Å². The van der Waals surface area contributed by atoms with E-state index in [1.54, 1.807) is 12.1 Å². The minimum Gasteiger partial charge on any atom is -0.467 e. The highest BCUT2D eigenvalue weighted by molar-refractivity contribution is 5.69. The Morgan fingerprint density at radius 3 is 2.56 bits per heavy atom. The summed E-state index contributed by atoms with van der Waals surface area (Å²) >= 11 is 0. The molecule has 0 unspecified atom stereocenters. The topological polar surface area (TPSA) is 132 Å². The van der Waals surface area contributed by atoms with Gasteiger partial charge in [0.15, 0.2) is 0 Å². The van der Waals surface area contributed by atoms with Crippen LogP contribution in [0.5, 0.6) is 0 Å². The van der Waals surface area contributed by atoms with Crippen molar-refractivity contribution in [2.24, 2.45) is 0 Å². The maximum atomic E-state index is 11.3. The monoisotopic (exact) mass is 340 g/mol. The largest absolute Gasteiger partial charge is 0.467 e. The Kier molecular flexibility index (Phi) is 4.74. The van der Waals surface area contributed by atoms with Gasteiger partial charge >= 0.3 is 5.69 Å². The maximum Gasteiger partial charge on any atom is 0.353 e. The molecule has 3 rings (SSSR count). The van der Waals surface area contributed by atoms with E-state index >= 15 is 0 Å². The van der Waals surface area contributed by atoms with E-state index in [1.165, 1.54) is 6.26 Å². The average Bonchev–Trinajstić information content (AvgIpc) is 3.12. The van der Waals surface area contributed by atoms with E-state index in [0.29, 0.717) is 12.3 Å². The van der Waals surface area contributed by atoms with Gasteiger partial charge < -0.3 is 20.8 Å². The summed E-state index contributed by atoms with van der Waals surface area (Å²) in [5, 5.41) is 17.1. The van der Waals surface area contributed by atoms with Gasteiger partial charge in [-0.1, -0.05) is 30.3 Å². The van der Waals surface area contributed by atoms with Crippen LogP contribution < -0.4 is 16.4 Å². The van der Waals surface area contributed by atoms with Crippen molar-refractivity contribution in [2.45, 2.75) is 13.1 Å². The van der Waals surface area contributed by atoms with Crippen LogP contribution in [-0.4, -0.2) is 14.9 Å². The number of nitrogens with zero attached hydrogens (tertiary/aromatic N) is 3. The zero-order valence-corrected chi connectivity index (χ0v) is 13.2. The highest BCUT2D eigenvalue weighted by atomic mass is 16.6. The van der Waals surface area contributed by atoms with Gasteiger partial charge in [-0.15, -0.1) is 0 Å². The standard InChI is InChI=1S/C16H16N6O3/c17-14-13(22(23)24)15(18-10-12-7-4-8-25-12)21-16(20-14)19-9-11-5-2-1-3-6-11/h1-8H,9-10H2,(H4,17,18,19,20,21). The van der Waals surface area contributed by atoms with E-state index in [0.717, 1.165) is 5.56 Å². The van der Waals surface area contributed by atoms with Gasteiger partial charge in [0.1, 0.15) is 5.76 Å². The molecule has 4 N–H and O–H groups in total.